The van der Waals surface area contributed by atoms with Crippen molar-refractivity contribution >= 4 is 11.5 Å². The number of anilines is 2. The highest BCUT2D eigenvalue weighted by molar-refractivity contribution is 5.50. The van der Waals surface area contributed by atoms with Crippen molar-refractivity contribution in [2.24, 2.45) is 0 Å². The van der Waals surface area contributed by atoms with Gasteiger partial charge < -0.3 is 19.5 Å². The molecule has 1 fully saturated rings. The van der Waals surface area contributed by atoms with Gasteiger partial charge in [0.15, 0.2) is 5.82 Å². The molecule has 1 atom stereocenters. The molecule has 4 heterocycles. The summed E-state index contributed by atoms with van der Waals surface area (Å²) in [7, 11) is 0. The summed E-state index contributed by atoms with van der Waals surface area (Å²) < 4.78 is 50.1. The van der Waals surface area contributed by atoms with E-state index in [2.05, 4.69) is 30.4 Å². The van der Waals surface area contributed by atoms with Crippen LogP contribution in [0.25, 0.3) is 0 Å². The number of nitrogens with zero attached hydrogens (tertiary/aromatic N) is 5. The first-order valence-electron chi connectivity index (χ1n) is 10.2. The average Bonchev–Trinajstić information content (AvgIpc) is 3.15. The Morgan fingerprint density at radius 2 is 2.12 bits per heavy atom. The summed E-state index contributed by atoms with van der Waals surface area (Å²) in [5, 5.41) is 11.8. The van der Waals surface area contributed by atoms with Crippen LogP contribution in [-0.4, -0.2) is 51.1 Å². The van der Waals surface area contributed by atoms with E-state index in [9.17, 15) is 18.0 Å². The zero-order chi connectivity index (χ0) is 23.6. The lowest BCUT2D eigenvalue weighted by molar-refractivity contribution is -0.138. The van der Waals surface area contributed by atoms with Crippen LogP contribution in [0, 0.1) is 6.92 Å². The highest BCUT2D eigenvalue weighted by Crippen LogP contribution is 2.32. The Labute approximate surface area is 186 Å². The van der Waals surface area contributed by atoms with Crippen LogP contribution in [-0.2, 0) is 17.5 Å². The van der Waals surface area contributed by atoms with Crippen molar-refractivity contribution in [2.75, 3.05) is 29.9 Å². The van der Waals surface area contributed by atoms with Gasteiger partial charge in [-0.1, -0.05) is 11.2 Å². The molecule has 3 aromatic rings. The lowest BCUT2D eigenvalue weighted by atomic mass is 9.99. The Hall–Kier alpha value is -3.48. The van der Waals surface area contributed by atoms with Crippen LogP contribution < -0.4 is 15.8 Å². The third-order valence-electron chi connectivity index (χ3n) is 5.09. The maximum absolute atomic E-state index is 13.1. The number of alkyl halides is 3. The summed E-state index contributed by atoms with van der Waals surface area (Å²) in [6.45, 7) is 5.09. The minimum Gasteiger partial charge on any atom is -0.378 e. The number of aromatic amines is 1. The average molecular weight is 465 g/mol. The summed E-state index contributed by atoms with van der Waals surface area (Å²) in [4.78, 5) is 22.4. The van der Waals surface area contributed by atoms with Gasteiger partial charge in [0, 0.05) is 25.3 Å². The van der Waals surface area contributed by atoms with E-state index in [-0.39, 0.29) is 25.0 Å². The largest absolute Gasteiger partial charge is 0.423 e. The van der Waals surface area contributed by atoms with Gasteiger partial charge >= 0.3 is 6.18 Å². The molecule has 1 aliphatic rings. The van der Waals surface area contributed by atoms with Gasteiger partial charge in [-0.05, 0) is 25.5 Å². The summed E-state index contributed by atoms with van der Waals surface area (Å²) >= 11 is 0. The van der Waals surface area contributed by atoms with Crippen molar-refractivity contribution < 1.29 is 22.4 Å². The van der Waals surface area contributed by atoms with Crippen LogP contribution in [0.4, 0.5) is 24.7 Å². The SMILES string of the molecule is Cc1ccc(N2CC(c3noc(COCC(C)Nc4cn[nH]c(=O)c4C(F)(F)F)n3)C2)nc1. The third-order valence-corrected chi connectivity index (χ3v) is 5.09. The highest BCUT2D eigenvalue weighted by Gasteiger charge is 2.37. The van der Waals surface area contributed by atoms with E-state index in [1.54, 1.807) is 12.0 Å². The molecule has 0 amide bonds. The molecule has 1 aliphatic heterocycles. The molecule has 33 heavy (non-hydrogen) atoms. The second kappa shape index (κ2) is 9.17. The number of pyridine rings is 1. The number of H-pyrrole nitrogens is 1. The van der Waals surface area contributed by atoms with Crippen molar-refractivity contribution in [2.45, 2.75) is 38.6 Å². The topological polar surface area (TPSA) is 122 Å². The second-order valence-corrected chi connectivity index (χ2v) is 7.89. The van der Waals surface area contributed by atoms with E-state index in [0.29, 0.717) is 5.82 Å². The Morgan fingerprint density at radius 1 is 1.33 bits per heavy atom. The first kappa shape index (κ1) is 22.7. The van der Waals surface area contributed by atoms with Gasteiger partial charge in [-0.2, -0.15) is 23.3 Å². The Bertz CT molecular complexity index is 1140. The number of nitrogens with one attached hydrogen (secondary N) is 2. The van der Waals surface area contributed by atoms with Crippen LogP contribution in [0.2, 0.25) is 0 Å². The minimum absolute atomic E-state index is 0.00865. The van der Waals surface area contributed by atoms with Gasteiger partial charge in [0.1, 0.15) is 18.0 Å². The van der Waals surface area contributed by atoms with Gasteiger partial charge in [0.05, 0.1) is 24.4 Å². The number of hydrogen-bond acceptors (Lipinski definition) is 9. The van der Waals surface area contributed by atoms with Gasteiger partial charge in [-0.3, -0.25) is 4.79 Å². The number of aromatic nitrogens is 5. The molecule has 0 spiro atoms. The number of hydrogen-bond donors (Lipinski definition) is 2. The molecule has 0 aliphatic carbocycles. The van der Waals surface area contributed by atoms with Crippen molar-refractivity contribution in [1.29, 1.82) is 0 Å². The minimum atomic E-state index is -4.81. The fourth-order valence-corrected chi connectivity index (χ4v) is 3.39. The fourth-order valence-electron chi connectivity index (χ4n) is 3.39. The van der Waals surface area contributed by atoms with E-state index >= 15 is 0 Å². The van der Waals surface area contributed by atoms with E-state index in [1.807, 2.05) is 25.3 Å². The van der Waals surface area contributed by atoms with Crippen molar-refractivity contribution in [3.8, 4) is 0 Å². The lowest BCUT2D eigenvalue weighted by Gasteiger charge is -2.38. The van der Waals surface area contributed by atoms with Crippen LogP contribution in [0.1, 0.15) is 35.7 Å². The molecule has 0 saturated carbocycles. The molecule has 0 aromatic carbocycles. The molecule has 2 N–H and O–H groups in total. The van der Waals surface area contributed by atoms with E-state index < -0.39 is 29.0 Å². The molecule has 176 valence electrons. The van der Waals surface area contributed by atoms with Crippen LogP contribution in [0.5, 0.6) is 0 Å². The highest BCUT2D eigenvalue weighted by atomic mass is 19.4. The first-order valence-corrected chi connectivity index (χ1v) is 10.2. The fraction of sp³-hybridized carbons (Fsp3) is 0.450. The molecule has 10 nitrogen and oxygen atoms in total. The maximum Gasteiger partial charge on any atom is 0.423 e. The summed E-state index contributed by atoms with van der Waals surface area (Å²) in [5.41, 5.74) is -1.97. The molecular formula is C20H22F3N7O3. The van der Waals surface area contributed by atoms with Crippen LogP contribution in [0.15, 0.2) is 33.8 Å². The Kier molecular flexibility index (Phi) is 6.31. The number of aryl methyl sites for hydroxylation is 1. The van der Waals surface area contributed by atoms with Gasteiger partial charge in [0.2, 0.25) is 0 Å². The molecule has 4 rings (SSSR count). The van der Waals surface area contributed by atoms with E-state index in [1.165, 1.54) is 0 Å². The maximum atomic E-state index is 13.1. The molecule has 0 bridgehead atoms. The normalized spacial score (nSPS) is 15.4. The standard InChI is InChI=1S/C20H22F3N7O3/c1-11-3-4-15(24-5-11)30-7-13(8-30)18-27-16(33-29-18)10-32-9-12(2)26-14-6-25-28-19(31)17(14)20(21,22)23/h3-6,12-13H,7-10H2,1-2H3,(H2,26,28,31). The molecule has 0 radical (unpaired) electrons. The zero-order valence-electron chi connectivity index (χ0n) is 17.9. The molecule has 13 heteroatoms. The van der Waals surface area contributed by atoms with Gasteiger partial charge in [0.25, 0.3) is 11.4 Å². The van der Waals surface area contributed by atoms with Crippen molar-refractivity contribution in [3.63, 3.8) is 0 Å². The van der Waals surface area contributed by atoms with Crippen LogP contribution in [0.3, 0.4) is 0 Å². The van der Waals surface area contributed by atoms with E-state index in [0.717, 1.165) is 30.7 Å². The molecule has 3 aromatic heterocycles. The molecular weight excluding hydrogens is 443 g/mol. The van der Waals surface area contributed by atoms with Crippen molar-refractivity contribution in [1.82, 2.24) is 25.3 Å². The van der Waals surface area contributed by atoms with Crippen molar-refractivity contribution in [3.05, 3.63) is 57.7 Å². The van der Waals surface area contributed by atoms with Gasteiger partial charge in [-0.25, -0.2) is 10.1 Å². The summed E-state index contributed by atoms with van der Waals surface area (Å²) in [5.74, 6) is 1.87. The zero-order valence-corrected chi connectivity index (χ0v) is 17.9. The summed E-state index contributed by atoms with van der Waals surface area (Å²) in [6, 6.07) is 3.43. The number of ether oxygens (including phenoxy) is 1. The monoisotopic (exact) mass is 465 g/mol. The van der Waals surface area contributed by atoms with Crippen LogP contribution >= 0.6 is 0 Å². The smallest absolute Gasteiger partial charge is 0.378 e. The third kappa shape index (κ3) is 5.30. The van der Waals surface area contributed by atoms with E-state index in [4.69, 9.17) is 9.26 Å². The number of rotatable bonds is 8. The molecule has 1 unspecified atom stereocenters. The quantitative estimate of drug-likeness (QED) is 0.517. The predicted molar refractivity (Wildman–Crippen MR) is 111 cm³/mol. The molecule has 1 saturated heterocycles. The summed E-state index contributed by atoms with van der Waals surface area (Å²) in [6.07, 6.45) is -2.08. The first-order chi connectivity index (χ1) is 15.7. The number of halogens is 3. The lowest BCUT2D eigenvalue weighted by Crippen LogP contribution is -2.45. The Morgan fingerprint density at radius 3 is 2.82 bits per heavy atom. The second-order valence-electron chi connectivity index (χ2n) is 7.89. The Balaban J connectivity index is 1.25. The van der Waals surface area contributed by atoms with Gasteiger partial charge in [-0.15, -0.1) is 0 Å². The predicted octanol–water partition coefficient (Wildman–Crippen LogP) is 2.50.